The lowest BCUT2D eigenvalue weighted by Gasteiger charge is -2.42. The summed E-state index contributed by atoms with van der Waals surface area (Å²) in [6.07, 6.45) is -1.12. The molecule has 0 saturated carbocycles. The van der Waals surface area contributed by atoms with E-state index in [0.717, 1.165) is 15.7 Å². The predicted molar refractivity (Wildman–Crippen MR) is 123 cm³/mol. The van der Waals surface area contributed by atoms with E-state index in [1.807, 2.05) is 0 Å². The molecule has 12 heteroatoms. The lowest BCUT2D eigenvalue weighted by molar-refractivity contribution is -0.131. The van der Waals surface area contributed by atoms with Gasteiger partial charge >= 0.3 is 6.09 Å². The Hall–Kier alpha value is -2.37. The number of nitrogens with zero attached hydrogens (tertiary/aromatic N) is 2. The Bertz CT molecular complexity index is 1330. The number of hydrogen-bond acceptors (Lipinski definition) is 6. The highest BCUT2D eigenvalue weighted by atomic mass is 35.5. The van der Waals surface area contributed by atoms with Gasteiger partial charge in [-0.25, -0.2) is 21.6 Å². The van der Waals surface area contributed by atoms with Crippen LogP contribution >= 0.6 is 11.6 Å². The van der Waals surface area contributed by atoms with E-state index < -0.39 is 42.3 Å². The van der Waals surface area contributed by atoms with Gasteiger partial charge in [0.15, 0.2) is 19.7 Å². The topological polar surface area (TPSA) is 129 Å². The molecule has 2 saturated heterocycles. The molecule has 0 aromatic heterocycles. The van der Waals surface area contributed by atoms with Crippen LogP contribution < -0.4 is 0 Å². The SMILES string of the molecule is O=C(O)N1CCC2(CC1)N(CCCS(=O)(=O)c1ccc3cc(Cl)ccc3c1)C(=O)CS2(=O)=O. The van der Waals surface area contributed by atoms with E-state index in [2.05, 4.69) is 0 Å². The van der Waals surface area contributed by atoms with Gasteiger partial charge in [0.1, 0.15) is 10.6 Å². The molecule has 0 aliphatic carbocycles. The third-order valence-corrected chi connectivity index (χ3v) is 10.9. The number of rotatable bonds is 5. The number of fused-ring (bicyclic) bond motifs is 1. The van der Waals surface area contributed by atoms with E-state index in [0.29, 0.717) is 5.02 Å². The van der Waals surface area contributed by atoms with Gasteiger partial charge in [-0.05, 0) is 41.5 Å². The molecule has 0 bridgehead atoms. The second-order valence-corrected chi connectivity index (χ2v) is 13.2. The van der Waals surface area contributed by atoms with E-state index in [1.165, 1.54) is 11.0 Å². The molecule has 2 fully saturated rings. The van der Waals surface area contributed by atoms with Crippen molar-refractivity contribution in [3.05, 3.63) is 41.4 Å². The van der Waals surface area contributed by atoms with Crippen molar-refractivity contribution in [3.63, 3.8) is 0 Å². The normalized spacial score (nSPS) is 20.0. The van der Waals surface area contributed by atoms with Gasteiger partial charge in [-0.15, -0.1) is 0 Å². The summed E-state index contributed by atoms with van der Waals surface area (Å²) in [5, 5.41) is 11.2. The number of carboxylic acid groups (broad SMARTS) is 1. The average molecular weight is 515 g/mol. The second-order valence-electron chi connectivity index (χ2n) is 8.35. The largest absolute Gasteiger partial charge is 0.465 e. The molecule has 2 amide bonds. The molecule has 1 N–H and O–H groups in total. The van der Waals surface area contributed by atoms with Gasteiger partial charge in [0.25, 0.3) is 0 Å². The molecule has 33 heavy (non-hydrogen) atoms. The van der Waals surface area contributed by atoms with E-state index in [1.54, 1.807) is 30.3 Å². The fourth-order valence-electron chi connectivity index (χ4n) is 4.65. The lowest BCUT2D eigenvalue weighted by atomic mass is 10.0. The van der Waals surface area contributed by atoms with Gasteiger partial charge in [0, 0.05) is 37.5 Å². The van der Waals surface area contributed by atoms with Crippen molar-refractivity contribution in [3.8, 4) is 0 Å². The molecule has 2 aliphatic heterocycles. The minimum absolute atomic E-state index is 0.00223. The first-order valence-electron chi connectivity index (χ1n) is 10.4. The molecule has 2 aromatic carbocycles. The van der Waals surface area contributed by atoms with Crippen molar-refractivity contribution in [1.82, 2.24) is 9.80 Å². The van der Waals surface area contributed by atoms with Gasteiger partial charge in [-0.2, -0.15) is 0 Å². The highest BCUT2D eigenvalue weighted by molar-refractivity contribution is 7.94. The summed E-state index contributed by atoms with van der Waals surface area (Å²) < 4.78 is 51.4. The van der Waals surface area contributed by atoms with Crippen LogP contribution in [0.5, 0.6) is 0 Å². The minimum atomic E-state index is -3.81. The molecule has 2 heterocycles. The number of carbonyl (C=O) groups is 2. The Balaban J connectivity index is 1.49. The first-order valence-corrected chi connectivity index (χ1v) is 14.1. The van der Waals surface area contributed by atoms with Crippen molar-refractivity contribution in [2.45, 2.75) is 29.0 Å². The molecule has 0 atom stereocenters. The van der Waals surface area contributed by atoms with Crippen LogP contribution in [0.15, 0.2) is 41.3 Å². The molecule has 9 nitrogen and oxygen atoms in total. The molecule has 2 aromatic rings. The van der Waals surface area contributed by atoms with Gasteiger partial charge in [0.2, 0.25) is 5.91 Å². The fraction of sp³-hybridized carbons (Fsp3) is 0.429. The van der Waals surface area contributed by atoms with Crippen LogP contribution in [0, 0.1) is 0 Å². The van der Waals surface area contributed by atoms with Gasteiger partial charge in [0.05, 0.1) is 10.6 Å². The lowest BCUT2D eigenvalue weighted by Crippen LogP contribution is -2.57. The maximum Gasteiger partial charge on any atom is 0.407 e. The van der Waals surface area contributed by atoms with Crippen LogP contribution in [0.4, 0.5) is 4.79 Å². The third-order valence-electron chi connectivity index (χ3n) is 6.43. The molecule has 4 rings (SSSR count). The average Bonchev–Trinajstić information content (AvgIpc) is 2.93. The number of benzene rings is 2. The quantitative estimate of drug-likeness (QED) is 0.648. The Morgan fingerprint density at radius 1 is 1.09 bits per heavy atom. The van der Waals surface area contributed by atoms with Crippen molar-refractivity contribution in [1.29, 1.82) is 0 Å². The first-order chi connectivity index (χ1) is 15.4. The van der Waals surface area contributed by atoms with Crippen molar-refractivity contribution in [2.75, 3.05) is 31.1 Å². The predicted octanol–water partition coefficient (Wildman–Crippen LogP) is 2.38. The number of piperidine rings is 1. The summed E-state index contributed by atoms with van der Waals surface area (Å²) in [4.78, 5) is 24.8. The van der Waals surface area contributed by atoms with Crippen LogP contribution in [0.25, 0.3) is 10.8 Å². The summed E-state index contributed by atoms with van der Waals surface area (Å²) in [5.41, 5.74) is 0. The zero-order valence-corrected chi connectivity index (χ0v) is 20.0. The van der Waals surface area contributed by atoms with Crippen LogP contribution in [0.2, 0.25) is 5.02 Å². The summed E-state index contributed by atoms with van der Waals surface area (Å²) >= 11 is 5.97. The number of halogens is 1. The van der Waals surface area contributed by atoms with Gasteiger partial charge in [-0.3, -0.25) is 4.79 Å². The van der Waals surface area contributed by atoms with Crippen LogP contribution in [-0.4, -0.2) is 79.8 Å². The Labute approximate surface area is 196 Å². The standard InChI is InChI=1S/C21H23ClN2O7S2/c22-17-4-2-16-13-18(5-3-15(16)12-17)32(28,29)11-1-8-24-19(25)14-33(30,31)21(24)6-9-23(10-7-21)20(26)27/h2-5,12-13H,1,6-11,14H2,(H,26,27). The van der Waals surface area contributed by atoms with Crippen molar-refractivity contribution < 1.29 is 31.5 Å². The van der Waals surface area contributed by atoms with E-state index >= 15 is 0 Å². The van der Waals surface area contributed by atoms with Gasteiger partial charge < -0.3 is 14.9 Å². The maximum atomic E-state index is 12.9. The Morgan fingerprint density at radius 2 is 1.73 bits per heavy atom. The first kappa shape index (κ1) is 23.8. The van der Waals surface area contributed by atoms with Gasteiger partial charge in [-0.1, -0.05) is 23.7 Å². The molecular formula is C21H23ClN2O7S2. The maximum absolute atomic E-state index is 12.9. The second kappa shape index (κ2) is 8.44. The minimum Gasteiger partial charge on any atom is -0.465 e. The summed E-state index contributed by atoms with van der Waals surface area (Å²) in [5.74, 6) is -1.47. The summed E-state index contributed by atoms with van der Waals surface area (Å²) in [7, 11) is -7.47. The molecule has 0 unspecified atom stereocenters. The van der Waals surface area contributed by atoms with E-state index in [9.17, 15) is 26.4 Å². The number of amides is 2. The molecule has 1 spiro atoms. The van der Waals surface area contributed by atoms with Crippen molar-refractivity contribution >= 4 is 54.0 Å². The van der Waals surface area contributed by atoms with Crippen LogP contribution in [0.1, 0.15) is 19.3 Å². The third kappa shape index (κ3) is 4.29. The number of hydrogen-bond donors (Lipinski definition) is 1. The van der Waals surface area contributed by atoms with Crippen LogP contribution in [-0.2, 0) is 24.5 Å². The molecule has 2 aliphatic rings. The monoisotopic (exact) mass is 514 g/mol. The van der Waals surface area contributed by atoms with Crippen LogP contribution in [0.3, 0.4) is 0 Å². The number of likely N-dealkylation sites (tertiary alicyclic amines) is 1. The fourth-order valence-corrected chi connectivity index (χ4v) is 8.24. The van der Waals surface area contributed by atoms with Crippen molar-refractivity contribution in [2.24, 2.45) is 0 Å². The summed E-state index contributed by atoms with van der Waals surface area (Å²) in [6.45, 7) is -0.0386. The van der Waals surface area contributed by atoms with E-state index in [-0.39, 0.29) is 49.5 Å². The smallest absolute Gasteiger partial charge is 0.407 e. The number of carbonyl (C=O) groups excluding carboxylic acids is 1. The molecule has 0 radical (unpaired) electrons. The number of sulfone groups is 2. The molecular weight excluding hydrogens is 492 g/mol. The Morgan fingerprint density at radius 3 is 2.39 bits per heavy atom. The highest BCUT2D eigenvalue weighted by Crippen LogP contribution is 2.40. The molecule has 178 valence electrons. The highest BCUT2D eigenvalue weighted by Gasteiger charge is 2.58. The zero-order chi connectivity index (χ0) is 24.0. The zero-order valence-electron chi connectivity index (χ0n) is 17.6. The van der Waals surface area contributed by atoms with E-state index in [4.69, 9.17) is 16.7 Å². The Kier molecular flexibility index (Phi) is 6.08. The summed E-state index contributed by atoms with van der Waals surface area (Å²) in [6, 6.07) is 9.89.